The number of rotatable bonds is 5. The summed E-state index contributed by atoms with van der Waals surface area (Å²) in [5.74, 6) is 0.806. The van der Waals surface area contributed by atoms with E-state index in [1.165, 1.54) is 25.7 Å². The lowest BCUT2D eigenvalue weighted by molar-refractivity contribution is -0.124. The van der Waals surface area contributed by atoms with Crippen molar-refractivity contribution < 1.29 is 4.79 Å². The Labute approximate surface area is 81.1 Å². The van der Waals surface area contributed by atoms with Gasteiger partial charge in [-0.3, -0.25) is 4.79 Å². The standard InChI is InChI=1S/C11H21NO/c1-2-3-4-5-6-10-9-12-8-7-11(10)13/h10,12H,2-9H2,1H3. The van der Waals surface area contributed by atoms with Crippen LogP contribution in [0.2, 0.25) is 0 Å². The zero-order chi connectivity index (χ0) is 9.52. The van der Waals surface area contributed by atoms with Gasteiger partial charge in [0.1, 0.15) is 5.78 Å². The first-order chi connectivity index (χ1) is 6.34. The second kappa shape index (κ2) is 6.14. The first-order valence-electron chi connectivity index (χ1n) is 5.58. The molecule has 0 aromatic rings. The van der Waals surface area contributed by atoms with Crippen molar-refractivity contribution in [3.8, 4) is 0 Å². The normalized spacial score (nSPS) is 23.5. The summed E-state index contributed by atoms with van der Waals surface area (Å²) in [6.45, 7) is 4.03. The van der Waals surface area contributed by atoms with Crippen LogP contribution in [-0.4, -0.2) is 18.9 Å². The van der Waals surface area contributed by atoms with Gasteiger partial charge in [0.2, 0.25) is 0 Å². The molecule has 0 aromatic carbocycles. The molecule has 0 amide bonds. The molecule has 0 bridgehead atoms. The number of piperidine rings is 1. The van der Waals surface area contributed by atoms with E-state index in [-0.39, 0.29) is 0 Å². The molecule has 1 fully saturated rings. The lowest BCUT2D eigenvalue weighted by atomic mass is 9.92. The quantitative estimate of drug-likeness (QED) is 0.662. The van der Waals surface area contributed by atoms with E-state index >= 15 is 0 Å². The second-order valence-electron chi connectivity index (χ2n) is 3.97. The summed E-state index contributed by atoms with van der Waals surface area (Å²) in [4.78, 5) is 11.4. The molecule has 2 nitrogen and oxygen atoms in total. The number of hydrogen-bond donors (Lipinski definition) is 1. The number of unbranched alkanes of at least 4 members (excludes halogenated alkanes) is 3. The van der Waals surface area contributed by atoms with Gasteiger partial charge in [-0.25, -0.2) is 0 Å². The number of carbonyl (C=O) groups excluding carboxylic acids is 1. The van der Waals surface area contributed by atoms with Crippen molar-refractivity contribution in [3.05, 3.63) is 0 Å². The predicted octanol–water partition coefficient (Wildman–Crippen LogP) is 2.14. The van der Waals surface area contributed by atoms with Crippen LogP contribution in [0, 0.1) is 5.92 Å². The van der Waals surface area contributed by atoms with Gasteiger partial charge < -0.3 is 5.32 Å². The van der Waals surface area contributed by atoms with Crippen molar-refractivity contribution in [2.75, 3.05) is 13.1 Å². The maximum absolute atomic E-state index is 11.4. The SMILES string of the molecule is CCCCCCC1CNCCC1=O. The van der Waals surface area contributed by atoms with Crippen molar-refractivity contribution in [3.63, 3.8) is 0 Å². The summed E-state index contributed by atoms with van der Waals surface area (Å²) in [5, 5.41) is 3.29. The molecule has 1 aliphatic heterocycles. The first kappa shape index (κ1) is 10.7. The molecular formula is C11H21NO. The summed E-state index contributed by atoms with van der Waals surface area (Å²) in [6.07, 6.45) is 6.96. The van der Waals surface area contributed by atoms with Crippen LogP contribution in [-0.2, 0) is 4.79 Å². The highest BCUT2D eigenvalue weighted by atomic mass is 16.1. The minimum absolute atomic E-state index is 0.325. The topological polar surface area (TPSA) is 29.1 Å². The number of hydrogen-bond acceptors (Lipinski definition) is 2. The fourth-order valence-corrected chi connectivity index (χ4v) is 1.89. The summed E-state index contributed by atoms with van der Waals surface area (Å²) < 4.78 is 0. The second-order valence-corrected chi connectivity index (χ2v) is 3.97. The molecule has 1 atom stereocenters. The molecule has 2 heteroatoms. The van der Waals surface area contributed by atoms with Crippen molar-refractivity contribution in [1.82, 2.24) is 5.32 Å². The van der Waals surface area contributed by atoms with Gasteiger partial charge in [-0.1, -0.05) is 32.6 Å². The fraction of sp³-hybridized carbons (Fsp3) is 0.909. The van der Waals surface area contributed by atoms with Crippen LogP contribution in [0.5, 0.6) is 0 Å². The van der Waals surface area contributed by atoms with Gasteiger partial charge in [0.05, 0.1) is 0 Å². The van der Waals surface area contributed by atoms with Gasteiger partial charge in [-0.05, 0) is 6.42 Å². The lowest BCUT2D eigenvalue weighted by Gasteiger charge is -2.21. The number of nitrogens with one attached hydrogen (secondary N) is 1. The maximum Gasteiger partial charge on any atom is 0.138 e. The smallest absolute Gasteiger partial charge is 0.138 e. The molecule has 0 aromatic heterocycles. The van der Waals surface area contributed by atoms with Crippen LogP contribution in [0.1, 0.15) is 45.4 Å². The van der Waals surface area contributed by atoms with Gasteiger partial charge in [0.25, 0.3) is 0 Å². The molecule has 1 rings (SSSR count). The van der Waals surface area contributed by atoms with Crippen LogP contribution in [0.15, 0.2) is 0 Å². The highest BCUT2D eigenvalue weighted by molar-refractivity contribution is 5.82. The fourth-order valence-electron chi connectivity index (χ4n) is 1.89. The van der Waals surface area contributed by atoms with E-state index in [9.17, 15) is 4.79 Å². The van der Waals surface area contributed by atoms with Crippen molar-refractivity contribution in [2.45, 2.75) is 45.4 Å². The molecule has 0 radical (unpaired) electrons. The predicted molar refractivity (Wildman–Crippen MR) is 54.7 cm³/mol. The Bertz CT molecular complexity index is 156. The summed E-state index contributed by atoms with van der Waals surface area (Å²) in [7, 11) is 0. The Morgan fingerprint density at radius 1 is 1.38 bits per heavy atom. The zero-order valence-electron chi connectivity index (χ0n) is 8.64. The Morgan fingerprint density at radius 3 is 2.92 bits per heavy atom. The van der Waals surface area contributed by atoms with Crippen molar-refractivity contribution in [1.29, 1.82) is 0 Å². The third kappa shape index (κ3) is 3.90. The third-order valence-corrected chi connectivity index (χ3v) is 2.80. The van der Waals surface area contributed by atoms with E-state index in [0.717, 1.165) is 25.9 Å². The number of ketones is 1. The van der Waals surface area contributed by atoms with Crippen LogP contribution in [0.3, 0.4) is 0 Å². The van der Waals surface area contributed by atoms with Crippen molar-refractivity contribution >= 4 is 5.78 Å². The first-order valence-corrected chi connectivity index (χ1v) is 5.58. The molecule has 0 spiro atoms. The average molecular weight is 183 g/mol. The van der Waals surface area contributed by atoms with E-state index in [1.807, 2.05) is 0 Å². The Morgan fingerprint density at radius 2 is 2.23 bits per heavy atom. The van der Waals surface area contributed by atoms with E-state index in [2.05, 4.69) is 12.2 Å². The molecule has 1 saturated heterocycles. The monoisotopic (exact) mass is 183 g/mol. The van der Waals surface area contributed by atoms with Gasteiger partial charge in [0, 0.05) is 25.4 Å². The molecule has 1 N–H and O–H groups in total. The molecule has 1 aliphatic rings. The Kier molecular flexibility index (Phi) is 5.06. The summed E-state index contributed by atoms with van der Waals surface area (Å²) in [5.41, 5.74) is 0. The Hall–Kier alpha value is -0.370. The third-order valence-electron chi connectivity index (χ3n) is 2.80. The van der Waals surface area contributed by atoms with Crippen LogP contribution in [0.4, 0.5) is 0 Å². The molecular weight excluding hydrogens is 162 g/mol. The highest BCUT2D eigenvalue weighted by Crippen LogP contribution is 2.14. The molecule has 0 aliphatic carbocycles. The molecule has 0 saturated carbocycles. The van der Waals surface area contributed by atoms with E-state index in [4.69, 9.17) is 0 Å². The Balaban J connectivity index is 2.08. The van der Waals surface area contributed by atoms with Crippen molar-refractivity contribution in [2.24, 2.45) is 5.92 Å². The number of Topliss-reactive ketones (excluding diaryl/α,β-unsaturated/α-hetero) is 1. The van der Waals surface area contributed by atoms with E-state index in [0.29, 0.717) is 11.7 Å². The molecule has 76 valence electrons. The van der Waals surface area contributed by atoms with Gasteiger partial charge in [-0.2, -0.15) is 0 Å². The maximum atomic E-state index is 11.4. The highest BCUT2D eigenvalue weighted by Gasteiger charge is 2.20. The minimum Gasteiger partial charge on any atom is -0.316 e. The van der Waals surface area contributed by atoms with Crippen LogP contribution in [0.25, 0.3) is 0 Å². The zero-order valence-corrected chi connectivity index (χ0v) is 8.64. The average Bonchev–Trinajstić information content (AvgIpc) is 2.15. The molecule has 1 heterocycles. The van der Waals surface area contributed by atoms with Gasteiger partial charge >= 0.3 is 0 Å². The van der Waals surface area contributed by atoms with Gasteiger partial charge in [0.15, 0.2) is 0 Å². The molecule has 13 heavy (non-hydrogen) atoms. The largest absolute Gasteiger partial charge is 0.316 e. The lowest BCUT2D eigenvalue weighted by Crippen LogP contribution is -2.36. The van der Waals surface area contributed by atoms with E-state index in [1.54, 1.807) is 0 Å². The minimum atomic E-state index is 0.325. The summed E-state index contributed by atoms with van der Waals surface area (Å²) in [6, 6.07) is 0. The van der Waals surface area contributed by atoms with Crippen LogP contribution < -0.4 is 5.32 Å². The van der Waals surface area contributed by atoms with Gasteiger partial charge in [-0.15, -0.1) is 0 Å². The van der Waals surface area contributed by atoms with E-state index < -0.39 is 0 Å². The molecule has 1 unspecified atom stereocenters. The number of carbonyl (C=O) groups is 1. The van der Waals surface area contributed by atoms with Crippen LogP contribution >= 0.6 is 0 Å². The summed E-state index contributed by atoms with van der Waals surface area (Å²) >= 11 is 0.